The summed E-state index contributed by atoms with van der Waals surface area (Å²) in [7, 11) is 0. The van der Waals surface area contributed by atoms with Crippen LogP contribution in [-0.2, 0) is 0 Å². The highest BCUT2D eigenvalue weighted by Gasteiger charge is 2.22. The summed E-state index contributed by atoms with van der Waals surface area (Å²) in [6.45, 7) is 6.47. The van der Waals surface area contributed by atoms with Crippen molar-refractivity contribution in [2.24, 2.45) is 5.73 Å². The fourth-order valence-corrected chi connectivity index (χ4v) is 2.17. The van der Waals surface area contributed by atoms with Crippen LogP contribution in [0, 0.1) is 0 Å². The Hall–Kier alpha value is -0.970. The Morgan fingerprint density at radius 2 is 2.19 bits per heavy atom. The van der Waals surface area contributed by atoms with Crippen molar-refractivity contribution in [2.45, 2.75) is 19.0 Å². The normalized spacial score (nSPS) is 21.6. The smallest absolute Gasteiger partial charge is 0.0465 e. The van der Waals surface area contributed by atoms with Crippen LogP contribution in [0.25, 0.3) is 0 Å². The second-order valence-corrected chi connectivity index (χ2v) is 4.34. The van der Waals surface area contributed by atoms with E-state index >= 15 is 0 Å². The molecule has 1 aliphatic rings. The molecule has 2 rings (SSSR count). The maximum absolute atomic E-state index is 6.27. The zero-order valence-electron chi connectivity index (χ0n) is 9.76. The zero-order chi connectivity index (χ0) is 11.4. The van der Waals surface area contributed by atoms with Crippen LogP contribution in [0.4, 0.5) is 0 Å². The second kappa shape index (κ2) is 5.39. The Balaban J connectivity index is 2.00. The van der Waals surface area contributed by atoms with Crippen LogP contribution in [0.2, 0.25) is 0 Å². The van der Waals surface area contributed by atoms with Gasteiger partial charge in [-0.3, -0.25) is 9.88 Å². The van der Waals surface area contributed by atoms with Gasteiger partial charge in [0.1, 0.15) is 0 Å². The molecule has 3 N–H and O–H groups in total. The first kappa shape index (κ1) is 11.5. The first-order chi connectivity index (χ1) is 7.79. The minimum absolute atomic E-state index is 0.0480. The Labute approximate surface area is 96.8 Å². The molecule has 2 unspecified atom stereocenters. The van der Waals surface area contributed by atoms with Gasteiger partial charge in [-0.2, -0.15) is 0 Å². The number of piperazine rings is 1. The van der Waals surface area contributed by atoms with E-state index in [-0.39, 0.29) is 6.04 Å². The van der Waals surface area contributed by atoms with Crippen LogP contribution in [0.1, 0.15) is 18.5 Å². The number of hydrogen-bond acceptors (Lipinski definition) is 4. The lowest BCUT2D eigenvalue weighted by Gasteiger charge is -2.35. The monoisotopic (exact) mass is 220 g/mol. The number of nitrogens with one attached hydrogen (secondary N) is 1. The summed E-state index contributed by atoms with van der Waals surface area (Å²) in [6.07, 6.45) is 3.65. The van der Waals surface area contributed by atoms with Gasteiger partial charge in [0.2, 0.25) is 0 Å². The molecule has 2 heterocycles. The molecule has 1 aromatic rings. The number of rotatable bonds is 3. The molecule has 2 atom stereocenters. The molecule has 16 heavy (non-hydrogen) atoms. The Morgan fingerprint density at radius 3 is 2.81 bits per heavy atom. The van der Waals surface area contributed by atoms with Crippen molar-refractivity contribution in [3.8, 4) is 0 Å². The molecule has 0 aliphatic carbocycles. The van der Waals surface area contributed by atoms with Crippen LogP contribution in [0.3, 0.4) is 0 Å². The van der Waals surface area contributed by atoms with E-state index in [0.29, 0.717) is 6.04 Å². The van der Waals surface area contributed by atoms with E-state index in [1.807, 2.05) is 12.3 Å². The summed E-state index contributed by atoms with van der Waals surface area (Å²) < 4.78 is 0. The fraction of sp³-hybridized carbons (Fsp3) is 0.583. The predicted molar refractivity (Wildman–Crippen MR) is 65.1 cm³/mol. The average molecular weight is 220 g/mol. The van der Waals surface area contributed by atoms with Crippen molar-refractivity contribution in [1.82, 2.24) is 15.2 Å². The molecule has 0 aromatic carbocycles. The van der Waals surface area contributed by atoms with Crippen molar-refractivity contribution in [3.63, 3.8) is 0 Å². The van der Waals surface area contributed by atoms with Gasteiger partial charge in [0, 0.05) is 50.7 Å². The molecule has 4 heteroatoms. The van der Waals surface area contributed by atoms with Crippen LogP contribution in [0.15, 0.2) is 24.5 Å². The highest BCUT2D eigenvalue weighted by atomic mass is 15.2. The van der Waals surface area contributed by atoms with Gasteiger partial charge in [-0.05, 0) is 18.6 Å². The summed E-state index contributed by atoms with van der Waals surface area (Å²) >= 11 is 0. The molecule has 1 saturated heterocycles. The molecule has 0 bridgehead atoms. The van der Waals surface area contributed by atoms with Crippen LogP contribution >= 0.6 is 0 Å². The maximum Gasteiger partial charge on any atom is 0.0465 e. The average Bonchev–Trinajstić information content (AvgIpc) is 2.39. The molecule has 1 fully saturated rings. The predicted octanol–water partition coefficient (Wildman–Crippen LogP) is 0.375. The van der Waals surface area contributed by atoms with E-state index in [1.165, 1.54) is 0 Å². The number of hydrogen-bond donors (Lipinski definition) is 2. The lowest BCUT2D eigenvalue weighted by Crippen LogP contribution is -2.50. The van der Waals surface area contributed by atoms with Gasteiger partial charge < -0.3 is 11.1 Å². The number of nitrogens with zero attached hydrogens (tertiary/aromatic N) is 2. The summed E-state index contributed by atoms with van der Waals surface area (Å²) in [5.74, 6) is 0. The van der Waals surface area contributed by atoms with E-state index < -0.39 is 0 Å². The maximum atomic E-state index is 6.27. The van der Waals surface area contributed by atoms with Crippen LogP contribution < -0.4 is 11.1 Å². The third-order valence-corrected chi connectivity index (χ3v) is 3.32. The molecular formula is C12H20N4. The lowest BCUT2D eigenvalue weighted by atomic mass is 10.0. The van der Waals surface area contributed by atoms with E-state index in [9.17, 15) is 0 Å². The SMILES string of the molecule is CC(C(N)c1cccnc1)N1CCNCC1. The van der Waals surface area contributed by atoms with Gasteiger partial charge in [-0.25, -0.2) is 0 Å². The van der Waals surface area contributed by atoms with Crippen LogP contribution in [-0.4, -0.2) is 42.1 Å². The Morgan fingerprint density at radius 1 is 1.44 bits per heavy atom. The molecule has 0 amide bonds. The summed E-state index contributed by atoms with van der Waals surface area (Å²) in [6, 6.07) is 4.41. The fourth-order valence-electron chi connectivity index (χ4n) is 2.17. The summed E-state index contributed by atoms with van der Waals surface area (Å²) in [5, 5.41) is 3.35. The summed E-state index contributed by atoms with van der Waals surface area (Å²) in [4.78, 5) is 6.56. The third kappa shape index (κ3) is 2.58. The molecule has 0 spiro atoms. The van der Waals surface area contributed by atoms with Crippen molar-refractivity contribution in [1.29, 1.82) is 0 Å². The van der Waals surface area contributed by atoms with Crippen molar-refractivity contribution >= 4 is 0 Å². The number of nitrogens with two attached hydrogens (primary N) is 1. The second-order valence-electron chi connectivity index (χ2n) is 4.34. The molecular weight excluding hydrogens is 200 g/mol. The standard InChI is InChI=1S/C12H20N4/c1-10(16-7-5-14-6-8-16)12(13)11-3-2-4-15-9-11/h2-4,9-10,12,14H,5-8,13H2,1H3. The molecule has 1 aliphatic heterocycles. The largest absolute Gasteiger partial charge is 0.323 e. The molecule has 88 valence electrons. The topological polar surface area (TPSA) is 54.2 Å². The van der Waals surface area contributed by atoms with Crippen LogP contribution in [0.5, 0.6) is 0 Å². The van der Waals surface area contributed by atoms with E-state index in [1.54, 1.807) is 6.20 Å². The minimum Gasteiger partial charge on any atom is -0.323 e. The zero-order valence-corrected chi connectivity index (χ0v) is 9.76. The highest BCUT2D eigenvalue weighted by molar-refractivity contribution is 5.15. The molecule has 1 aromatic heterocycles. The van der Waals surface area contributed by atoms with Gasteiger partial charge in [0.25, 0.3) is 0 Å². The number of aromatic nitrogens is 1. The molecule has 0 saturated carbocycles. The Kier molecular flexibility index (Phi) is 3.88. The van der Waals surface area contributed by atoms with E-state index in [2.05, 4.69) is 28.2 Å². The van der Waals surface area contributed by atoms with E-state index in [4.69, 9.17) is 5.73 Å². The highest BCUT2D eigenvalue weighted by Crippen LogP contribution is 2.17. The van der Waals surface area contributed by atoms with E-state index in [0.717, 1.165) is 31.7 Å². The lowest BCUT2D eigenvalue weighted by molar-refractivity contribution is 0.163. The van der Waals surface area contributed by atoms with Gasteiger partial charge in [0.05, 0.1) is 0 Å². The third-order valence-electron chi connectivity index (χ3n) is 3.32. The quantitative estimate of drug-likeness (QED) is 0.773. The van der Waals surface area contributed by atoms with Gasteiger partial charge >= 0.3 is 0 Å². The van der Waals surface area contributed by atoms with Crippen molar-refractivity contribution < 1.29 is 0 Å². The summed E-state index contributed by atoms with van der Waals surface area (Å²) in [5.41, 5.74) is 7.39. The number of pyridine rings is 1. The van der Waals surface area contributed by atoms with Gasteiger partial charge in [-0.1, -0.05) is 6.07 Å². The van der Waals surface area contributed by atoms with Crippen molar-refractivity contribution in [2.75, 3.05) is 26.2 Å². The molecule has 4 nitrogen and oxygen atoms in total. The first-order valence-electron chi connectivity index (χ1n) is 5.89. The van der Waals surface area contributed by atoms with Gasteiger partial charge in [0.15, 0.2) is 0 Å². The van der Waals surface area contributed by atoms with Crippen molar-refractivity contribution in [3.05, 3.63) is 30.1 Å². The minimum atomic E-state index is 0.0480. The van der Waals surface area contributed by atoms with Gasteiger partial charge in [-0.15, -0.1) is 0 Å². The first-order valence-corrected chi connectivity index (χ1v) is 5.89. The Bertz CT molecular complexity index is 308. The molecule has 0 radical (unpaired) electrons.